The number of nitrogens with one attached hydrogen (secondary N) is 1. The van der Waals surface area contributed by atoms with E-state index in [4.69, 9.17) is 5.73 Å². The monoisotopic (exact) mass is 232 g/mol. The minimum atomic E-state index is 0.312. The summed E-state index contributed by atoms with van der Waals surface area (Å²) < 4.78 is 0. The summed E-state index contributed by atoms with van der Waals surface area (Å²) in [6.07, 6.45) is 0. The first-order chi connectivity index (χ1) is 7.68. The summed E-state index contributed by atoms with van der Waals surface area (Å²) in [7, 11) is 0. The number of anilines is 2. The zero-order chi connectivity index (χ0) is 11.5. The van der Waals surface area contributed by atoms with Crippen LogP contribution < -0.4 is 11.1 Å². The first-order valence-electron chi connectivity index (χ1n) is 5.32. The fourth-order valence-corrected chi connectivity index (χ4v) is 2.40. The maximum Gasteiger partial charge on any atom is 0.0493 e. The molecule has 0 aliphatic carbocycles. The molecule has 0 spiro atoms. The first kappa shape index (κ1) is 11.0. The lowest BCUT2D eigenvalue weighted by atomic mass is 10.1. The Labute approximate surface area is 100 Å². The van der Waals surface area contributed by atoms with Gasteiger partial charge in [-0.2, -0.15) is 11.3 Å². The molecule has 1 atom stereocenters. The lowest BCUT2D eigenvalue weighted by Crippen LogP contribution is -2.07. The standard InChI is InChI=1S/C13H16N2S/c1-9-12(14)4-3-5-13(9)15-10(2)11-6-7-16-8-11/h3-8,10,15H,14H2,1-2H3. The van der Waals surface area contributed by atoms with Gasteiger partial charge in [-0.15, -0.1) is 0 Å². The van der Waals surface area contributed by atoms with Crippen molar-refractivity contribution in [3.63, 3.8) is 0 Å². The minimum Gasteiger partial charge on any atom is -0.398 e. The quantitative estimate of drug-likeness (QED) is 0.790. The number of nitrogens with two attached hydrogens (primary N) is 1. The average molecular weight is 232 g/mol. The van der Waals surface area contributed by atoms with Crippen molar-refractivity contribution in [3.8, 4) is 0 Å². The topological polar surface area (TPSA) is 38.0 Å². The van der Waals surface area contributed by atoms with Crippen molar-refractivity contribution < 1.29 is 0 Å². The highest BCUT2D eigenvalue weighted by Crippen LogP contribution is 2.26. The van der Waals surface area contributed by atoms with Gasteiger partial charge in [0.2, 0.25) is 0 Å². The molecular weight excluding hydrogens is 216 g/mol. The number of benzene rings is 1. The summed E-state index contributed by atoms with van der Waals surface area (Å²) in [5, 5.41) is 7.74. The van der Waals surface area contributed by atoms with Crippen molar-refractivity contribution in [1.82, 2.24) is 0 Å². The average Bonchev–Trinajstić information content (AvgIpc) is 2.78. The number of nitrogen functional groups attached to an aromatic ring is 1. The third-order valence-electron chi connectivity index (χ3n) is 2.79. The number of hydrogen-bond acceptors (Lipinski definition) is 3. The Kier molecular flexibility index (Phi) is 3.15. The molecule has 1 unspecified atom stereocenters. The van der Waals surface area contributed by atoms with Crippen molar-refractivity contribution in [1.29, 1.82) is 0 Å². The van der Waals surface area contributed by atoms with E-state index < -0.39 is 0 Å². The van der Waals surface area contributed by atoms with E-state index in [2.05, 4.69) is 35.1 Å². The second-order valence-corrected chi connectivity index (χ2v) is 4.72. The van der Waals surface area contributed by atoms with Crippen LogP contribution in [0.15, 0.2) is 35.0 Å². The molecule has 0 fully saturated rings. The van der Waals surface area contributed by atoms with Crippen molar-refractivity contribution >= 4 is 22.7 Å². The maximum atomic E-state index is 5.88. The molecule has 1 heterocycles. The van der Waals surface area contributed by atoms with Crippen molar-refractivity contribution in [2.45, 2.75) is 19.9 Å². The predicted molar refractivity (Wildman–Crippen MR) is 71.9 cm³/mol. The van der Waals surface area contributed by atoms with Crippen LogP contribution in [0.5, 0.6) is 0 Å². The van der Waals surface area contributed by atoms with Gasteiger partial charge < -0.3 is 11.1 Å². The lowest BCUT2D eigenvalue weighted by molar-refractivity contribution is 0.888. The van der Waals surface area contributed by atoms with Crippen LogP contribution in [-0.4, -0.2) is 0 Å². The summed E-state index contributed by atoms with van der Waals surface area (Å²) in [5.41, 5.74) is 10.2. The second-order valence-electron chi connectivity index (χ2n) is 3.94. The van der Waals surface area contributed by atoms with E-state index in [1.807, 2.05) is 19.1 Å². The third-order valence-corrected chi connectivity index (χ3v) is 3.49. The first-order valence-corrected chi connectivity index (χ1v) is 6.26. The van der Waals surface area contributed by atoms with Crippen LogP contribution in [0, 0.1) is 6.92 Å². The molecule has 0 aliphatic heterocycles. The Morgan fingerprint density at radius 1 is 1.31 bits per heavy atom. The number of rotatable bonds is 3. The highest BCUT2D eigenvalue weighted by Gasteiger charge is 2.07. The van der Waals surface area contributed by atoms with E-state index in [1.165, 1.54) is 5.56 Å². The van der Waals surface area contributed by atoms with Gasteiger partial charge in [-0.25, -0.2) is 0 Å². The SMILES string of the molecule is Cc1c(N)cccc1NC(C)c1ccsc1. The predicted octanol–water partition coefficient (Wildman–Crippen LogP) is 3.81. The Morgan fingerprint density at radius 3 is 2.81 bits per heavy atom. The molecular formula is C13H16N2S. The van der Waals surface area contributed by atoms with Crippen molar-refractivity contribution in [2.24, 2.45) is 0 Å². The molecule has 0 saturated heterocycles. The van der Waals surface area contributed by atoms with Crippen LogP contribution in [0.25, 0.3) is 0 Å². The molecule has 0 saturated carbocycles. The smallest absolute Gasteiger partial charge is 0.0493 e. The van der Waals surface area contributed by atoms with Crippen LogP contribution in [0.3, 0.4) is 0 Å². The Balaban J connectivity index is 2.18. The zero-order valence-electron chi connectivity index (χ0n) is 9.53. The van der Waals surface area contributed by atoms with Gasteiger partial charge in [0.15, 0.2) is 0 Å². The molecule has 16 heavy (non-hydrogen) atoms. The molecule has 0 radical (unpaired) electrons. The fourth-order valence-electron chi connectivity index (χ4n) is 1.65. The van der Waals surface area contributed by atoms with Gasteiger partial charge in [-0.3, -0.25) is 0 Å². The molecule has 2 nitrogen and oxygen atoms in total. The van der Waals surface area contributed by atoms with E-state index in [-0.39, 0.29) is 0 Å². The lowest BCUT2D eigenvalue weighted by Gasteiger charge is -2.17. The molecule has 1 aromatic heterocycles. The van der Waals surface area contributed by atoms with Crippen LogP contribution in [0.4, 0.5) is 11.4 Å². The highest BCUT2D eigenvalue weighted by molar-refractivity contribution is 7.07. The van der Waals surface area contributed by atoms with E-state index in [0.29, 0.717) is 6.04 Å². The van der Waals surface area contributed by atoms with E-state index in [9.17, 15) is 0 Å². The Bertz CT molecular complexity index is 463. The minimum absolute atomic E-state index is 0.312. The van der Waals surface area contributed by atoms with Gasteiger partial charge in [0.25, 0.3) is 0 Å². The Hall–Kier alpha value is -1.48. The summed E-state index contributed by atoms with van der Waals surface area (Å²) >= 11 is 1.72. The van der Waals surface area contributed by atoms with E-state index >= 15 is 0 Å². The molecule has 3 heteroatoms. The third kappa shape index (κ3) is 2.19. The van der Waals surface area contributed by atoms with Gasteiger partial charge in [-0.05, 0) is 53.9 Å². The van der Waals surface area contributed by atoms with Crippen molar-refractivity contribution in [2.75, 3.05) is 11.1 Å². The van der Waals surface area contributed by atoms with Gasteiger partial charge in [0.05, 0.1) is 0 Å². The summed E-state index contributed by atoms with van der Waals surface area (Å²) in [6.45, 7) is 4.20. The van der Waals surface area contributed by atoms with Gasteiger partial charge in [0, 0.05) is 17.4 Å². The molecule has 0 bridgehead atoms. The summed E-state index contributed by atoms with van der Waals surface area (Å²) in [6, 6.07) is 8.42. The van der Waals surface area contributed by atoms with E-state index in [1.54, 1.807) is 11.3 Å². The molecule has 2 rings (SSSR count). The summed E-state index contributed by atoms with van der Waals surface area (Å²) in [4.78, 5) is 0. The van der Waals surface area contributed by atoms with Crippen LogP contribution >= 0.6 is 11.3 Å². The Morgan fingerprint density at radius 2 is 2.12 bits per heavy atom. The molecule has 0 aliphatic rings. The molecule has 1 aromatic carbocycles. The molecule has 3 N–H and O–H groups in total. The van der Waals surface area contributed by atoms with Crippen molar-refractivity contribution in [3.05, 3.63) is 46.2 Å². The molecule has 84 valence electrons. The van der Waals surface area contributed by atoms with E-state index in [0.717, 1.165) is 16.9 Å². The highest BCUT2D eigenvalue weighted by atomic mass is 32.1. The molecule has 2 aromatic rings. The largest absolute Gasteiger partial charge is 0.398 e. The zero-order valence-corrected chi connectivity index (χ0v) is 10.3. The van der Waals surface area contributed by atoms with Gasteiger partial charge in [0.1, 0.15) is 0 Å². The van der Waals surface area contributed by atoms with Crippen LogP contribution in [-0.2, 0) is 0 Å². The number of hydrogen-bond donors (Lipinski definition) is 2. The van der Waals surface area contributed by atoms with Crippen LogP contribution in [0.1, 0.15) is 24.1 Å². The maximum absolute atomic E-state index is 5.88. The van der Waals surface area contributed by atoms with Gasteiger partial charge in [-0.1, -0.05) is 6.07 Å². The molecule has 0 amide bonds. The number of thiophene rings is 1. The normalized spacial score (nSPS) is 12.4. The fraction of sp³-hybridized carbons (Fsp3) is 0.231. The second kappa shape index (κ2) is 4.58. The van der Waals surface area contributed by atoms with Crippen LogP contribution in [0.2, 0.25) is 0 Å². The van der Waals surface area contributed by atoms with Gasteiger partial charge >= 0.3 is 0 Å². The summed E-state index contributed by atoms with van der Waals surface area (Å²) in [5.74, 6) is 0.